The lowest BCUT2D eigenvalue weighted by Crippen LogP contribution is -2.39. The SMILES string of the molecule is CNC(=O)C1(C)CCN(Cc2ccc(F)c(C#N)c2)C1. The fraction of sp³-hybridized carbons (Fsp3) is 0.467. The second-order valence-corrected chi connectivity index (χ2v) is 5.53. The van der Waals surface area contributed by atoms with Crippen molar-refractivity contribution < 1.29 is 9.18 Å². The van der Waals surface area contributed by atoms with Crippen molar-refractivity contribution in [3.8, 4) is 6.07 Å². The molecule has 1 aliphatic rings. The van der Waals surface area contributed by atoms with Gasteiger partial charge in [0.25, 0.3) is 0 Å². The molecule has 20 heavy (non-hydrogen) atoms. The standard InChI is InChI=1S/C15H18FN3O/c1-15(14(20)18-2)5-6-19(10-15)9-11-3-4-13(16)12(7-11)8-17/h3-4,7H,5-6,9-10H2,1-2H3,(H,18,20). The van der Waals surface area contributed by atoms with E-state index < -0.39 is 5.82 Å². The molecule has 4 nitrogen and oxygen atoms in total. The molecule has 0 aromatic heterocycles. The summed E-state index contributed by atoms with van der Waals surface area (Å²) < 4.78 is 13.3. The van der Waals surface area contributed by atoms with Gasteiger partial charge in [-0.15, -0.1) is 0 Å². The van der Waals surface area contributed by atoms with Crippen LogP contribution < -0.4 is 5.32 Å². The third-order valence-corrected chi connectivity index (χ3v) is 3.89. The molecule has 0 bridgehead atoms. The molecule has 5 heteroatoms. The molecule has 0 spiro atoms. The van der Waals surface area contributed by atoms with E-state index in [2.05, 4.69) is 10.2 Å². The number of benzene rings is 1. The summed E-state index contributed by atoms with van der Waals surface area (Å²) in [5, 5.41) is 11.5. The Labute approximate surface area is 118 Å². The minimum absolute atomic E-state index is 0.0526. The minimum atomic E-state index is -0.493. The third kappa shape index (κ3) is 2.81. The number of amides is 1. The van der Waals surface area contributed by atoms with Gasteiger partial charge in [-0.3, -0.25) is 9.69 Å². The van der Waals surface area contributed by atoms with Crippen molar-refractivity contribution in [2.24, 2.45) is 5.41 Å². The molecule has 1 aliphatic heterocycles. The first-order valence-corrected chi connectivity index (χ1v) is 6.61. The highest BCUT2D eigenvalue weighted by atomic mass is 19.1. The summed E-state index contributed by atoms with van der Waals surface area (Å²) in [6.45, 7) is 4.08. The monoisotopic (exact) mass is 275 g/mol. The molecule has 1 N–H and O–H groups in total. The van der Waals surface area contributed by atoms with E-state index >= 15 is 0 Å². The molecule has 0 saturated carbocycles. The largest absolute Gasteiger partial charge is 0.359 e. The zero-order valence-electron chi connectivity index (χ0n) is 11.7. The maximum absolute atomic E-state index is 13.3. The van der Waals surface area contributed by atoms with Crippen molar-refractivity contribution in [2.45, 2.75) is 19.9 Å². The molecule has 1 amide bonds. The zero-order chi connectivity index (χ0) is 14.8. The molecule has 1 fully saturated rings. The van der Waals surface area contributed by atoms with Gasteiger partial charge in [-0.05, 0) is 37.6 Å². The van der Waals surface area contributed by atoms with E-state index in [1.54, 1.807) is 19.2 Å². The molecule has 1 atom stereocenters. The molecule has 0 aliphatic carbocycles. The molecule has 106 valence electrons. The quantitative estimate of drug-likeness (QED) is 0.912. The Hall–Kier alpha value is -1.93. The highest BCUT2D eigenvalue weighted by Gasteiger charge is 2.39. The van der Waals surface area contributed by atoms with Crippen LogP contribution in [0.4, 0.5) is 4.39 Å². The van der Waals surface area contributed by atoms with E-state index in [1.807, 2.05) is 13.0 Å². The Morgan fingerprint density at radius 3 is 3.00 bits per heavy atom. The first-order valence-electron chi connectivity index (χ1n) is 6.61. The summed E-state index contributed by atoms with van der Waals surface area (Å²) in [6.07, 6.45) is 0.805. The summed E-state index contributed by atoms with van der Waals surface area (Å²) in [6, 6.07) is 6.43. The third-order valence-electron chi connectivity index (χ3n) is 3.89. The van der Waals surface area contributed by atoms with Gasteiger partial charge in [-0.1, -0.05) is 6.07 Å². The number of likely N-dealkylation sites (tertiary alicyclic amines) is 1. The van der Waals surface area contributed by atoms with Crippen LogP contribution in [0.3, 0.4) is 0 Å². The van der Waals surface area contributed by atoms with Crippen LogP contribution in [0.25, 0.3) is 0 Å². The van der Waals surface area contributed by atoms with Crippen molar-refractivity contribution in [1.29, 1.82) is 5.26 Å². The van der Waals surface area contributed by atoms with Gasteiger partial charge in [0, 0.05) is 20.1 Å². The van der Waals surface area contributed by atoms with E-state index in [0.29, 0.717) is 13.1 Å². The van der Waals surface area contributed by atoms with Crippen molar-refractivity contribution in [1.82, 2.24) is 10.2 Å². The Morgan fingerprint density at radius 2 is 2.35 bits per heavy atom. The highest BCUT2D eigenvalue weighted by Crippen LogP contribution is 2.31. The van der Waals surface area contributed by atoms with E-state index in [1.165, 1.54) is 6.07 Å². The Balaban J connectivity index is 2.06. The molecular weight excluding hydrogens is 257 g/mol. The van der Waals surface area contributed by atoms with Gasteiger partial charge in [-0.25, -0.2) is 4.39 Å². The van der Waals surface area contributed by atoms with Crippen LogP contribution in [0.1, 0.15) is 24.5 Å². The predicted molar refractivity (Wildman–Crippen MR) is 73.2 cm³/mol. The molecule has 1 saturated heterocycles. The lowest BCUT2D eigenvalue weighted by atomic mass is 9.89. The van der Waals surface area contributed by atoms with Gasteiger partial charge in [0.05, 0.1) is 11.0 Å². The number of nitrogens with zero attached hydrogens (tertiary/aromatic N) is 2. The summed E-state index contributed by atoms with van der Waals surface area (Å²) in [7, 11) is 1.65. The molecule has 1 aromatic carbocycles. The molecule has 2 rings (SSSR count). The van der Waals surface area contributed by atoms with Crippen LogP contribution >= 0.6 is 0 Å². The summed E-state index contributed by atoms with van der Waals surface area (Å²) >= 11 is 0. The Kier molecular flexibility index (Phi) is 4.05. The molecule has 0 radical (unpaired) electrons. The topological polar surface area (TPSA) is 56.1 Å². The van der Waals surface area contributed by atoms with Crippen LogP contribution in [0, 0.1) is 22.6 Å². The van der Waals surface area contributed by atoms with Crippen molar-refractivity contribution in [2.75, 3.05) is 20.1 Å². The zero-order valence-corrected chi connectivity index (χ0v) is 11.7. The fourth-order valence-corrected chi connectivity index (χ4v) is 2.69. The summed E-state index contributed by atoms with van der Waals surface area (Å²) in [4.78, 5) is 14.0. The smallest absolute Gasteiger partial charge is 0.227 e. The number of carbonyl (C=O) groups excluding carboxylic acids is 1. The van der Waals surface area contributed by atoms with Crippen LogP contribution in [-0.2, 0) is 11.3 Å². The summed E-state index contributed by atoms with van der Waals surface area (Å²) in [5.74, 6) is -0.440. The van der Waals surface area contributed by atoms with E-state index in [4.69, 9.17) is 5.26 Å². The van der Waals surface area contributed by atoms with Crippen LogP contribution in [0.2, 0.25) is 0 Å². The lowest BCUT2D eigenvalue weighted by Gasteiger charge is -2.22. The van der Waals surface area contributed by atoms with Gasteiger partial charge >= 0.3 is 0 Å². The average molecular weight is 275 g/mol. The molecule has 1 aromatic rings. The second-order valence-electron chi connectivity index (χ2n) is 5.53. The number of nitriles is 1. The second kappa shape index (κ2) is 5.59. The van der Waals surface area contributed by atoms with Gasteiger partial charge in [-0.2, -0.15) is 5.26 Å². The van der Waals surface area contributed by atoms with Gasteiger partial charge in [0.1, 0.15) is 11.9 Å². The minimum Gasteiger partial charge on any atom is -0.359 e. The molecule has 1 heterocycles. The van der Waals surface area contributed by atoms with E-state index in [-0.39, 0.29) is 16.9 Å². The van der Waals surface area contributed by atoms with Gasteiger partial charge in [0.2, 0.25) is 5.91 Å². The Bertz CT molecular complexity index is 567. The number of nitrogens with one attached hydrogen (secondary N) is 1. The number of carbonyl (C=O) groups is 1. The first-order chi connectivity index (χ1) is 9.48. The van der Waals surface area contributed by atoms with Crippen LogP contribution in [-0.4, -0.2) is 30.9 Å². The first kappa shape index (κ1) is 14.5. The number of hydrogen-bond donors (Lipinski definition) is 1. The van der Waals surface area contributed by atoms with Crippen molar-refractivity contribution in [3.63, 3.8) is 0 Å². The lowest BCUT2D eigenvalue weighted by molar-refractivity contribution is -0.129. The predicted octanol–water partition coefficient (Wildman–Crippen LogP) is 1.66. The normalized spacial score (nSPS) is 22.5. The maximum Gasteiger partial charge on any atom is 0.227 e. The van der Waals surface area contributed by atoms with Crippen molar-refractivity contribution >= 4 is 5.91 Å². The summed E-state index contributed by atoms with van der Waals surface area (Å²) in [5.41, 5.74) is 0.590. The van der Waals surface area contributed by atoms with Crippen molar-refractivity contribution in [3.05, 3.63) is 35.1 Å². The van der Waals surface area contributed by atoms with Gasteiger partial charge < -0.3 is 5.32 Å². The van der Waals surface area contributed by atoms with Crippen LogP contribution in [0.15, 0.2) is 18.2 Å². The van der Waals surface area contributed by atoms with E-state index in [9.17, 15) is 9.18 Å². The van der Waals surface area contributed by atoms with Crippen LogP contribution in [0.5, 0.6) is 0 Å². The van der Waals surface area contributed by atoms with Gasteiger partial charge in [0.15, 0.2) is 0 Å². The maximum atomic E-state index is 13.3. The fourth-order valence-electron chi connectivity index (χ4n) is 2.69. The molecular formula is C15H18FN3O. The number of rotatable bonds is 3. The van der Waals surface area contributed by atoms with E-state index in [0.717, 1.165) is 18.5 Å². The number of halogens is 1. The molecule has 1 unspecified atom stereocenters. The number of hydrogen-bond acceptors (Lipinski definition) is 3. The highest BCUT2D eigenvalue weighted by molar-refractivity contribution is 5.82. The average Bonchev–Trinajstić information content (AvgIpc) is 2.82. The Morgan fingerprint density at radius 1 is 1.60 bits per heavy atom.